The molecule has 3 fully saturated rings. The number of fused-ring (bicyclic) bond motifs is 1. The first-order valence-corrected chi connectivity index (χ1v) is 9.13. The van der Waals surface area contributed by atoms with Crippen LogP contribution >= 0.6 is 0 Å². The number of rotatable bonds is 1. The van der Waals surface area contributed by atoms with Gasteiger partial charge in [-0.1, -0.05) is 12.8 Å². The number of hydrogen-bond donors (Lipinski definition) is 2. The predicted octanol–water partition coefficient (Wildman–Crippen LogP) is 2.53. The Morgan fingerprint density at radius 1 is 1.00 bits per heavy atom. The van der Waals surface area contributed by atoms with Crippen LogP contribution in [0.25, 0.3) is 0 Å². The third kappa shape index (κ3) is 3.59. The van der Waals surface area contributed by atoms with Gasteiger partial charge in [0.15, 0.2) is 0 Å². The number of pyridine rings is 1. The lowest BCUT2D eigenvalue weighted by Gasteiger charge is -2.44. The van der Waals surface area contributed by atoms with Gasteiger partial charge in [0.1, 0.15) is 11.2 Å². The van der Waals surface area contributed by atoms with E-state index in [4.69, 9.17) is 0 Å². The van der Waals surface area contributed by atoms with Crippen molar-refractivity contribution < 1.29 is 18.1 Å². The molecule has 4 heterocycles. The fourth-order valence-electron chi connectivity index (χ4n) is 4.27. The zero-order chi connectivity index (χ0) is 17.0. The largest absolute Gasteiger partial charge is 0.418 e. The van der Waals surface area contributed by atoms with Gasteiger partial charge >= 0.3 is 6.18 Å². The second-order valence-electron chi connectivity index (χ2n) is 7.10. The molecule has 2 unspecified atom stereocenters. The Morgan fingerprint density at radius 3 is 2.33 bits per heavy atom. The van der Waals surface area contributed by atoms with Gasteiger partial charge in [-0.05, 0) is 38.1 Å². The quantitative estimate of drug-likeness (QED) is 0.821. The Balaban J connectivity index is 0.000000203. The van der Waals surface area contributed by atoms with Crippen molar-refractivity contribution in [3.63, 3.8) is 0 Å². The molecule has 0 aliphatic carbocycles. The molecule has 0 spiro atoms. The Kier molecular flexibility index (Phi) is 5.45. The van der Waals surface area contributed by atoms with E-state index in [2.05, 4.69) is 10.3 Å². The summed E-state index contributed by atoms with van der Waals surface area (Å²) in [5, 5.41) is 3.35. The van der Waals surface area contributed by atoms with Crippen LogP contribution in [0.2, 0.25) is 0 Å². The number of nitrogens with zero attached hydrogens (tertiary/aromatic N) is 1. The van der Waals surface area contributed by atoms with Crippen LogP contribution in [0.4, 0.5) is 13.2 Å². The van der Waals surface area contributed by atoms with Crippen molar-refractivity contribution in [1.29, 1.82) is 0 Å². The van der Waals surface area contributed by atoms with Gasteiger partial charge in [0.05, 0.1) is 25.1 Å². The zero-order valence-corrected chi connectivity index (χ0v) is 14.1. The highest BCUT2D eigenvalue weighted by Gasteiger charge is 2.57. The number of nitrogens with one attached hydrogen (secondary N) is 2. The molecule has 1 aromatic heterocycles. The van der Waals surface area contributed by atoms with Gasteiger partial charge in [-0.3, -0.25) is 4.98 Å². The molecule has 3 saturated heterocycles. The molecule has 0 aromatic carbocycles. The average molecular weight is 342 g/mol. The first-order chi connectivity index (χ1) is 11.5. The van der Waals surface area contributed by atoms with Gasteiger partial charge in [-0.2, -0.15) is 13.2 Å². The van der Waals surface area contributed by atoms with Crippen LogP contribution in [0.1, 0.15) is 56.2 Å². The molecule has 3 aliphatic rings. The normalized spacial score (nSPS) is 29.7. The third-order valence-electron chi connectivity index (χ3n) is 5.64. The molecule has 134 valence electrons. The molecule has 0 saturated carbocycles. The van der Waals surface area contributed by atoms with Gasteiger partial charge in [0, 0.05) is 19.0 Å². The molecule has 3 nitrogen and oxygen atoms in total. The van der Waals surface area contributed by atoms with Gasteiger partial charge in [0.25, 0.3) is 0 Å². The Morgan fingerprint density at radius 2 is 1.75 bits per heavy atom. The summed E-state index contributed by atoms with van der Waals surface area (Å²) in [5.74, 6) is 0. The Hall–Kier alpha value is -1.14. The van der Waals surface area contributed by atoms with E-state index in [0.717, 1.165) is 38.4 Å². The number of alkyl halides is 3. The maximum Gasteiger partial charge on any atom is 0.418 e. The van der Waals surface area contributed by atoms with Gasteiger partial charge < -0.3 is 10.2 Å². The van der Waals surface area contributed by atoms with E-state index >= 15 is 0 Å². The minimum absolute atomic E-state index is 0.270. The van der Waals surface area contributed by atoms with Crippen LogP contribution in [0, 0.1) is 0 Å². The van der Waals surface area contributed by atoms with E-state index in [-0.39, 0.29) is 11.2 Å². The number of hydrogen-bond acceptors (Lipinski definition) is 2. The van der Waals surface area contributed by atoms with Gasteiger partial charge in [-0.25, -0.2) is 0 Å². The average Bonchev–Trinajstić information content (AvgIpc) is 2.77. The van der Waals surface area contributed by atoms with Gasteiger partial charge in [0.2, 0.25) is 0 Å². The second-order valence-corrected chi connectivity index (χ2v) is 7.10. The Labute approximate surface area is 141 Å². The van der Waals surface area contributed by atoms with Crippen molar-refractivity contribution >= 4 is 0 Å². The highest BCUT2D eigenvalue weighted by molar-refractivity contribution is 5.29. The lowest BCUT2D eigenvalue weighted by molar-refractivity contribution is -0.992. The molecule has 0 radical (unpaired) electrons. The third-order valence-corrected chi connectivity index (χ3v) is 5.64. The summed E-state index contributed by atoms with van der Waals surface area (Å²) in [4.78, 5) is 5.34. The van der Waals surface area contributed by atoms with Crippen molar-refractivity contribution in [1.82, 2.24) is 10.3 Å². The zero-order valence-electron chi connectivity index (χ0n) is 14.1. The fourth-order valence-corrected chi connectivity index (χ4v) is 4.27. The highest BCUT2D eigenvalue weighted by Crippen LogP contribution is 2.40. The maximum atomic E-state index is 13.0. The standard InChI is InChI=1S/C12H13F3N2.C6H13N/c13-12(14,15)9-3-1-6-16-10(9)11-4-2-7-17(11)8-5-11;1-2-4-6-7-5-3-1/h1,3,6H,2,4-5,7-8H2;7H,1-6H2/p+1. The molecular weight excluding hydrogens is 315 g/mol. The van der Waals surface area contributed by atoms with E-state index in [0.29, 0.717) is 0 Å². The lowest BCUT2D eigenvalue weighted by atomic mass is 9.79. The van der Waals surface area contributed by atoms with Crippen molar-refractivity contribution in [3.8, 4) is 0 Å². The van der Waals surface area contributed by atoms with Crippen LogP contribution in [-0.4, -0.2) is 31.2 Å². The number of quaternary nitrogens is 1. The summed E-state index contributed by atoms with van der Waals surface area (Å²) in [5.41, 5.74) is -0.614. The molecular formula is C18H27F3N3+. The molecule has 4 rings (SSSR count). The summed E-state index contributed by atoms with van der Waals surface area (Å²) < 4.78 is 38.9. The van der Waals surface area contributed by atoms with Crippen LogP contribution in [-0.2, 0) is 11.7 Å². The van der Waals surface area contributed by atoms with Crippen molar-refractivity contribution in [2.75, 3.05) is 26.2 Å². The molecule has 0 amide bonds. The number of halogens is 3. The molecule has 2 atom stereocenters. The lowest BCUT2D eigenvalue weighted by Crippen LogP contribution is -3.23. The molecule has 0 bridgehead atoms. The number of aromatic nitrogens is 1. The first kappa shape index (κ1) is 17.7. The molecule has 2 N–H and O–H groups in total. The maximum absolute atomic E-state index is 13.0. The SMILES string of the molecule is C1CCCNCC1.FC(F)(F)c1cccnc1C12CCC[NH+]1CC2. The monoisotopic (exact) mass is 342 g/mol. The Bertz CT molecular complexity index is 527. The summed E-state index contributed by atoms with van der Waals surface area (Å²) >= 11 is 0. The smallest absolute Gasteiger partial charge is 0.325 e. The van der Waals surface area contributed by atoms with E-state index in [1.807, 2.05) is 0 Å². The minimum Gasteiger partial charge on any atom is -0.325 e. The van der Waals surface area contributed by atoms with Crippen molar-refractivity contribution in [2.24, 2.45) is 0 Å². The summed E-state index contributed by atoms with van der Waals surface area (Å²) in [6.07, 6.45) is 5.52. The summed E-state index contributed by atoms with van der Waals surface area (Å²) in [6.45, 7) is 4.46. The van der Waals surface area contributed by atoms with Crippen molar-refractivity contribution in [3.05, 3.63) is 29.6 Å². The van der Waals surface area contributed by atoms with Crippen LogP contribution in [0.5, 0.6) is 0 Å². The molecule has 6 heteroatoms. The fraction of sp³-hybridized carbons (Fsp3) is 0.722. The van der Waals surface area contributed by atoms with E-state index in [1.54, 1.807) is 0 Å². The molecule has 24 heavy (non-hydrogen) atoms. The van der Waals surface area contributed by atoms with Crippen LogP contribution in [0.3, 0.4) is 0 Å². The van der Waals surface area contributed by atoms with E-state index in [1.165, 1.54) is 55.9 Å². The van der Waals surface area contributed by atoms with Crippen molar-refractivity contribution in [2.45, 2.75) is 56.7 Å². The van der Waals surface area contributed by atoms with Crippen LogP contribution in [0.15, 0.2) is 18.3 Å². The topological polar surface area (TPSA) is 29.4 Å². The first-order valence-electron chi connectivity index (χ1n) is 9.13. The minimum atomic E-state index is -4.29. The second kappa shape index (κ2) is 7.40. The summed E-state index contributed by atoms with van der Waals surface area (Å²) in [6, 6.07) is 2.53. The van der Waals surface area contributed by atoms with E-state index in [9.17, 15) is 13.2 Å². The van der Waals surface area contributed by atoms with E-state index < -0.39 is 11.7 Å². The summed E-state index contributed by atoms with van der Waals surface area (Å²) in [7, 11) is 0. The highest BCUT2D eigenvalue weighted by atomic mass is 19.4. The van der Waals surface area contributed by atoms with Crippen LogP contribution < -0.4 is 10.2 Å². The predicted molar refractivity (Wildman–Crippen MR) is 86.8 cm³/mol. The van der Waals surface area contributed by atoms with Gasteiger partial charge in [-0.15, -0.1) is 0 Å². The molecule has 1 aromatic rings. The molecule has 3 aliphatic heterocycles.